The Morgan fingerprint density at radius 1 is 0.870 bits per heavy atom. The van der Waals surface area contributed by atoms with Crippen LogP contribution in [-0.2, 0) is 49.7 Å². The van der Waals surface area contributed by atoms with Crippen LogP contribution in [0.3, 0.4) is 0 Å². The van der Waals surface area contributed by atoms with E-state index in [1.54, 1.807) is 0 Å². The highest BCUT2D eigenvalue weighted by atomic mass is 35.5. The smallest absolute Gasteiger partial charge is 0.355 e. The number of carbonyl (C=O) groups excluding carboxylic acids is 3. The number of alkyl halides is 1. The summed E-state index contributed by atoms with van der Waals surface area (Å²) in [6.45, 7) is 8.09. The average molecular weight is 648 g/mol. The predicted octanol–water partition coefficient (Wildman–Crippen LogP) is 6.82. The Kier molecular flexibility index (Phi) is 11.8. The Balaban J connectivity index is 1.66. The predicted molar refractivity (Wildman–Crippen MR) is 179 cm³/mol. The van der Waals surface area contributed by atoms with E-state index in [9.17, 15) is 14.4 Å². The molecule has 9 nitrogen and oxygen atoms in total. The Bertz CT molecular complexity index is 1690. The number of esters is 3. The third-order valence-electron chi connectivity index (χ3n) is 8.55. The van der Waals surface area contributed by atoms with Gasteiger partial charge in [-0.2, -0.15) is 0 Å². The lowest BCUT2D eigenvalue weighted by atomic mass is 9.97. The SMILES string of the molecule is COC(=O)CCC1=C(C)C(Cc2[nH]c(C(=O)OCc3ccccc3)c(C)c2CCCl)=N/C1=C\c1[nH]c(C)c(CCC(=O)OC)c1C. The number of hydrogen-bond acceptors (Lipinski definition) is 7. The van der Waals surface area contributed by atoms with Crippen molar-refractivity contribution in [1.29, 1.82) is 0 Å². The number of nitrogens with one attached hydrogen (secondary N) is 2. The number of methoxy groups -OCH3 is 2. The number of halogens is 1. The summed E-state index contributed by atoms with van der Waals surface area (Å²) in [5.74, 6) is -0.587. The van der Waals surface area contributed by atoms with Gasteiger partial charge in [0, 0.05) is 42.2 Å². The number of nitrogens with zero attached hydrogens (tertiary/aromatic N) is 1. The summed E-state index contributed by atoms with van der Waals surface area (Å²) in [5.41, 5.74) is 11.4. The van der Waals surface area contributed by atoms with Crippen LogP contribution in [-0.4, -0.2) is 53.7 Å². The number of ether oxygens (including phenoxy) is 3. The first-order valence-corrected chi connectivity index (χ1v) is 15.9. The number of allylic oxidation sites excluding steroid dienone is 2. The van der Waals surface area contributed by atoms with Gasteiger partial charge in [-0.05, 0) is 92.0 Å². The van der Waals surface area contributed by atoms with Crippen molar-refractivity contribution >= 4 is 41.3 Å². The maximum Gasteiger partial charge on any atom is 0.355 e. The highest BCUT2D eigenvalue weighted by Gasteiger charge is 2.26. The lowest BCUT2D eigenvalue weighted by Gasteiger charge is -2.07. The molecule has 0 fully saturated rings. The summed E-state index contributed by atoms with van der Waals surface area (Å²) in [6, 6.07) is 9.55. The molecule has 0 unspecified atom stereocenters. The molecule has 3 aromatic rings. The first-order chi connectivity index (χ1) is 22.1. The van der Waals surface area contributed by atoms with E-state index in [0.29, 0.717) is 43.7 Å². The lowest BCUT2D eigenvalue weighted by Crippen LogP contribution is -2.08. The lowest BCUT2D eigenvalue weighted by molar-refractivity contribution is -0.141. The molecule has 0 saturated heterocycles. The molecule has 2 N–H and O–H groups in total. The first-order valence-electron chi connectivity index (χ1n) is 15.4. The maximum absolute atomic E-state index is 13.1. The summed E-state index contributed by atoms with van der Waals surface area (Å²) in [4.78, 5) is 48.9. The van der Waals surface area contributed by atoms with Crippen LogP contribution in [0.2, 0.25) is 0 Å². The quantitative estimate of drug-likeness (QED) is 0.112. The van der Waals surface area contributed by atoms with E-state index in [0.717, 1.165) is 67.5 Å². The van der Waals surface area contributed by atoms with Crippen molar-refractivity contribution in [2.75, 3.05) is 20.1 Å². The number of carbonyl (C=O) groups is 3. The number of rotatable bonds is 14. The van der Waals surface area contributed by atoms with E-state index >= 15 is 0 Å². The molecule has 10 heteroatoms. The van der Waals surface area contributed by atoms with E-state index < -0.39 is 5.97 Å². The number of benzene rings is 1. The summed E-state index contributed by atoms with van der Waals surface area (Å²) in [7, 11) is 2.77. The van der Waals surface area contributed by atoms with Gasteiger partial charge in [0.15, 0.2) is 0 Å². The van der Waals surface area contributed by atoms with Gasteiger partial charge < -0.3 is 24.2 Å². The second kappa shape index (κ2) is 15.8. The van der Waals surface area contributed by atoms with Crippen molar-refractivity contribution in [3.63, 3.8) is 0 Å². The molecule has 1 aliphatic heterocycles. The van der Waals surface area contributed by atoms with E-state index in [1.165, 1.54) is 14.2 Å². The molecule has 0 bridgehead atoms. The fourth-order valence-corrected chi connectivity index (χ4v) is 6.04. The first kappa shape index (κ1) is 34.5. The van der Waals surface area contributed by atoms with Crippen LogP contribution >= 0.6 is 11.6 Å². The largest absolute Gasteiger partial charge is 0.469 e. The standard InChI is InChI=1S/C36H42ClN3O6/c1-21-26(12-14-33(41)44-5)24(4)38-29(21)18-31-27(13-15-34(42)45-6)22(2)30(39-31)19-32-28(16-17-37)23(3)35(40-32)36(43)46-20-25-10-8-7-9-11-25/h7-11,18,38,40H,12-17,19-20H2,1-6H3/b31-18-. The summed E-state index contributed by atoms with van der Waals surface area (Å²) in [6.07, 6.45) is 4.55. The molecule has 0 amide bonds. The minimum atomic E-state index is -0.427. The Labute approximate surface area is 275 Å². The van der Waals surface area contributed by atoms with E-state index in [-0.39, 0.29) is 25.0 Å². The van der Waals surface area contributed by atoms with Gasteiger partial charge in [0.25, 0.3) is 0 Å². The zero-order valence-corrected chi connectivity index (χ0v) is 28.2. The molecule has 2 aromatic heterocycles. The molecule has 0 atom stereocenters. The summed E-state index contributed by atoms with van der Waals surface area (Å²) in [5, 5.41) is 0. The Hall–Kier alpha value is -4.37. The van der Waals surface area contributed by atoms with Crippen molar-refractivity contribution in [3.8, 4) is 0 Å². The van der Waals surface area contributed by atoms with Gasteiger partial charge in [-0.3, -0.25) is 14.6 Å². The van der Waals surface area contributed by atoms with Crippen molar-refractivity contribution in [2.45, 2.75) is 72.8 Å². The number of H-pyrrole nitrogens is 2. The third-order valence-corrected chi connectivity index (χ3v) is 8.74. The summed E-state index contributed by atoms with van der Waals surface area (Å²) >= 11 is 6.20. The second-order valence-electron chi connectivity index (χ2n) is 11.4. The van der Waals surface area contributed by atoms with Crippen molar-refractivity contribution in [3.05, 3.63) is 97.8 Å². The van der Waals surface area contributed by atoms with Gasteiger partial charge in [0.05, 0.1) is 25.6 Å². The van der Waals surface area contributed by atoms with Crippen LogP contribution in [0.4, 0.5) is 0 Å². The highest BCUT2D eigenvalue weighted by Crippen LogP contribution is 2.34. The van der Waals surface area contributed by atoms with E-state index in [4.69, 9.17) is 30.8 Å². The van der Waals surface area contributed by atoms with Crippen LogP contribution in [0.25, 0.3) is 6.08 Å². The molecule has 244 valence electrons. The Morgan fingerprint density at radius 3 is 2.20 bits per heavy atom. The fraction of sp³-hybridized carbons (Fsp3) is 0.389. The number of aromatic amines is 2. The van der Waals surface area contributed by atoms with Crippen LogP contribution in [0.15, 0.2) is 52.2 Å². The molecule has 4 rings (SSSR count). The molecule has 46 heavy (non-hydrogen) atoms. The normalized spacial score (nSPS) is 13.7. The molecule has 0 spiro atoms. The minimum absolute atomic E-state index is 0.173. The Morgan fingerprint density at radius 2 is 1.54 bits per heavy atom. The molecule has 3 heterocycles. The van der Waals surface area contributed by atoms with Crippen molar-refractivity contribution in [2.24, 2.45) is 4.99 Å². The highest BCUT2D eigenvalue weighted by molar-refractivity contribution is 6.18. The molecule has 1 aromatic carbocycles. The molecule has 0 saturated carbocycles. The van der Waals surface area contributed by atoms with Gasteiger partial charge in [-0.25, -0.2) is 4.79 Å². The van der Waals surface area contributed by atoms with Gasteiger partial charge in [0.2, 0.25) is 0 Å². The van der Waals surface area contributed by atoms with Crippen molar-refractivity contribution in [1.82, 2.24) is 9.97 Å². The monoisotopic (exact) mass is 647 g/mol. The van der Waals surface area contributed by atoms with Crippen LogP contribution in [0, 0.1) is 20.8 Å². The van der Waals surface area contributed by atoms with Crippen LogP contribution in [0.1, 0.15) is 81.6 Å². The summed E-state index contributed by atoms with van der Waals surface area (Å²) < 4.78 is 15.4. The van der Waals surface area contributed by atoms with Crippen LogP contribution in [0.5, 0.6) is 0 Å². The fourth-order valence-electron chi connectivity index (χ4n) is 5.85. The van der Waals surface area contributed by atoms with E-state index in [2.05, 4.69) is 9.97 Å². The van der Waals surface area contributed by atoms with Crippen LogP contribution < -0.4 is 0 Å². The zero-order valence-electron chi connectivity index (χ0n) is 27.4. The van der Waals surface area contributed by atoms with Crippen molar-refractivity contribution < 1.29 is 28.6 Å². The zero-order chi connectivity index (χ0) is 33.4. The molecule has 0 radical (unpaired) electrons. The van der Waals surface area contributed by atoms with E-state index in [1.807, 2.05) is 64.1 Å². The molecular formula is C36H42ClN3O6. The molecule has 0 aliphatic carbocycles. The topological polar surface area (TPSA) is 123 Å². The van der Waals surface area contributed by atoms with Gasteiger partial charge >= 0.3 is 17.9 Å². The molecular weight excluding hydrogens is 606 g/mol. The third kappa shape index (κ3) is 8.07. The maximum atomic E-state index is 13.1. The number of aromatic nitrogens is 2. The number of hydrogen-bond donors (Lipinski definition) is 2. The van der Waals surface area contributed by atoms with Gasteiger partial charge in [-0.15, -0.1) is 11.6 Å². The minimum Gasteiger partial charge on any atom is -0.469 e. The van der Waals surface area contributed by atoms with Gasteiger partial charge in [0.1, 0.15) is 12.3 Å². The number of aliphatic imine (C=N–C) groups is 1. The number of aryl methyl sites for hydroxylation is 1. The average Bonchev–Trinajstić information content (AvgIpc) is 3.63. The van der Waals surface area contributed by atoms with Gasteiger partial charge in [-0.1, -0.05) is 30.3 Å². The molecule has 1 aliphatic rings. The second-order valence-corrected chi connectivity index (χ2v) is 11.7.